The van der Waals surface area contributed by atoms with Gasteiger partial charge in [-0.3, -0.25) is 0 Å². The van der Waals surface area contributed by atoms with E-state index in [0.29, 0.717) is 11.5 Å². The number of hydrogen-bond acceptors (Lipinski definition) is 6. The number of nitrogens with zero attached hydrogens (tertiary/aromatic N) is 4. The summed E-state index contributed by atoms with van der Waals surface area (Å²) in [4.78, 5) is 15.5. The molecule has 152 valence electrons. The Kier molecular flexibility index (Phi) is 5.92. The van der Waals surface area contributed by atoms with Crippen LogP contribution < -0.4 is 11.1 Å². The molecule has 4 rings (SSSR count). The normalized spacial score (nSPS) is 11.2. The van der Waals surface area contributed by atoms with Crippen LogP contribution in [0.15, 0.2) is 65.4 Å². The van der Waals surface area contributed by atoms with Gasteiger partial charge in [0.05, 0.1) is 11.1 Å². The van der Waals surface area contributed by atoms with Crippen molar-refractivity contribution in [2.24, 2.45) is 0 Å². The zero-order valence-corrected chi connectivity index (χ0v) is 18.5. The molecule has 2 aromatic carbocycles. The number of rotatable bonds is 6. The quantitative estimate of drug-likeness (QED) is 0.433. The van der Waals surface area contributed by atoms with Crippen molar-refractivity contribution in [3.8, 4) is 22.4 Å². The van der Waals surface area contributed by atoms with Gasteiger partial charge in [-0.15, -0.1) is 0 Å². The van der Waals surface area contributed by atoms with Gasteiger partial charge < -0.3 is 16.0 Å². The van der Waals surface area contributed by atoms with E-state index >= 15 is 0 Å². The molecule has 0 radical (unpaired) electrons. The number of nitrogens with one attached hydrogen (secondary N) is 1. The van der Waals surface area contributed by atoms with E-state index in [2.05, 4.69) is 86.6 Å². The molecule has 0 aliphatic carbocycles. The lowest BCUT2D eigenvalue weighted by atomic mass is 10.00. The summed E-state index contributed by atoms with van der Waals surface area (Å²) in [5.74, 6) is 0.425. The van der Waals surface area contributed by atoms with Gasteiger partial charge in [0.2, 0.25) is 0 Å². The molecule has 0 spiro atoms. The summed E-state index contributed by atoms with van der Waals surface area (Å²) in [6.07, 6.45) is 1.46. The van der Waals surface area contributed by atoms with E-state index < -0.39 is 0 Å². The van der Waals surface area contributed by atoms with Crippen LogP contribution in [-0.2, 0) is 0 Å². The molecule has 0 aliphatic heterocycles. The van der Waals surface area contributed by atoms with Gasteiger partial charge in [-0.1, -0.05) is 40.2 Å². The van der Waals surface area contributed by atoms with Crippen LogP contribution >= 0.6 is 15.9 Å². The van der Waals surface area contributed by atoms with Crippen LogP contribution in [0, 0.1) is 0 Å². The van der Waals surface area contributed by atoms with Crippen molar-refractivity contribution in [3.63, 3.8) is 0 Å². The smallest absolute Gasteiger partial charge is 0.165 e. The molecule has 6 nitrogen and oxygen atoms in total. The summed E-state index contributed by atoms with van der Waals surface area (Å²) in [5.41, 5.74) is 11.7. The van der Waals surface area contributed by atoms with Gasteiger partial charge in [-0.05, 0) is 55.6 Å². The number of pyridine rings is 1. The molecule has 0 amide bonds. The Morgan fingerprint density at radius 1 is 1.00 bits per heavy atom. The number of anilines is 2. The average Bonchev–Trinajstić information content (AvgIpc) is 2.73. The molecular formula is C23H23BrN6. The third-order valence-corrected chi connectivity index (χ3v) is 5.33. The lowest BCUT2D eigenvalue weighted by Gasteiger charge is -2.13. The molecule has 0 unspecified atom stereocenters. The van der Waals surface area contributed by atoms with Gasteiger partial charge in [0.1, 0.15) is 12.1 Å². The van der Waals surface area contributed by atoms with Crippen molar-refractivity contribution in [1.82, 2.24) is 19.9 Å². The van der Waals surface area contributed by atoms with Crippen molar-refractivity contribution in [2.45, 2.75) is 0 Å². The Bertz CT molecular complexity index is 1170. The van der Waals surface area contributed by atoms with Gasteiger partial charge in [-0.25, -0.2) is 15.0 Å². The second-order valence-electron chi connectivity index (χ2n) is 7.33. The highest BCUT2D eigenvalue weighted by Crippen LogP contribution is 2.34. The number of likely N-dealkylation sites (N-methyl/N-ethyl adjacent to an activating group) is 1. The molecule has 0 saturated heterocycles. The van der Waals surface area contributed by atoms with Crippen LogP contribution in [0.1, 0.15) is 0 Å². The highest BCUT2D eigenvalue weighted by atomic mass is 79.9. The van der Waals surface area contributed by atoms with E-state index in [-0.39, 0.29) is 0 Å². The predicted molar refractivity (Wildman–Crippen MR) is 127 cm³/mol. The number of aromatic nitrogens is 3. The first kappa shape index (κ1) is 20.3. The van der Waals surface area contributed by atoms with Crippen molar-refractivity contribution >= 4 is 38.5 Å². The number of hydrogen-bond donors (Lipinski definition) is 2. The highest BCUT2D eigenvalue weighted by molar-refractivity contribution is 9.10. The maximum atomic E-state index is 6.19. The number of halogens is 1. The molecule has 7 heteroatoms. The van der Waals surface area contributed by atoms with E-state index in [1.165, 1.54) is 6.33 Å². The van der Waals surface area contributed by atoms with Crippen LogP contribution in [0.4, 0.5) is 11.5 Å². The maximum Gasteiger partial charge on any atom is 0.165 e. The number of nitrogens with two attached hydrogens (primary N) is 1. The van der Waals surface area contributed by atoms with Crippen LogP contribution in [0.2, 0.25) is 0 Å². The molecule has 0 atom stereocenters. The first-order valence-corrected chi connectivity index (χ1v) is 10.5. The Labute approximate surface area is 184 Å². The Balaban J connectivity index is 1.75. The maximum absolute atomic E-state index is 6.19. The molecule has 4 aromatic rings. The van der Waals surface area contributed by atoms with Crippen molar-refractivity contribution < 1.29 is 0 Å². The molecule has 3 N–H and O–H groups in total. The van der Waals surface area contributed by atoms with Crippen LogP contribution in [-0.4, -0.2) is 47.0 Å². The van der Waals surface area contributed by atoms with Gasteiger partial charge in [-0.2, -0.15) is 0 Å². The number of nitrogen functional groups attached to an aromatic ring is 1. The van der Waals surface area contributed by atoms with Crippen molar-refractivity contribution in [3.05, 3.63) is 65.4 Å². The zero-order chi connectivity index (χ0) is 21.1. The van der Waals surface area contributed by atoms with Crippen LogP contribution in [0.5, 0.6) is 0 Å². The van der Waals surface area contributed by atoms with Gasteiger partial charge in [0.15, 0.2) is 5.65 Å². The van der Waals surface area contributed by atoms with Crippen LogP contribution in [0.25, 0.3) is 33.4 Å². The fourth-order valence-electron chi connectivity index (χ4n) is 3.30. The lowest BCUT2D eigenvalue weighted by Crippen LogP contribution is -2.20. The first-order valence-electron chi connectivity index (χ1n) is 9.67. The summed E-state index contributed by atoms with van der Waals surface area (Å²) in [7, 11) is 4.13. The highest BCUT2D eigenvalue weighted by Gasteiger charge is 2.14. The molecule has 2 aromatic heterocycles. The van der Waals surface area contributed by atoms with Gasteiger partial charge in [0.25, 0.3) is 0 Å². The minimum Gasteiger partial charge on any atom is -0.384 e. The third kappa shape index (κ3) is 4.42. The Morgan fingerprint density at radius 2 is 1.80 bits per heavy atom. The third-order valence-electron chi connectivity index (χ3n) is 4.84. The van der Waals surface area contributed by atoms with Crippen LogP contribution in [0.3, 0.4) is 0 Å². The van der Waals surface area contributed by atoms with E-state index in [4.69, 9.17) is 10.7 Å². The van der Waals surface area contributed by atoms with E-state index in [1.807, 2.05) is 18.2 Å². The largest absolute Gasteiger partial charge is 0.384 e. The molecule has 0 bridgehead atoms. The molecule has 0 aliphatic rings. The second kappa shape index (κ2) is 8.77. The second-order valence-corrected chi connectivity index (χ2v) is 8.25. The standard InChI is InChI=1S/C23H23BrN6/c1-30(2)11-10-26-18-8-6-15(7-9-18)20-13-19(16-4-3-5-17(24)12-16)21-22(25)27-14-28-23(21)29-20/h3-9,12-14,26H,10-11H2,1-2H3,(H2,25,27,28,29). The summed E-state index contributed by atoms with van der Waals surface area (Å²) >= 11 is 3.55. The average molecular weight is 463 g/mol. The van der Waals surface area contributed by atoms with E-state index in [1.54, 1.807) is 0 Å². The summed E-state index contributed by atoms with van der Waals surface area (Å²) < 4.78 is 0.995. The molecule has 30 heavy (non-hydrogen) atoms. The van der Waals surface area contributed by atoms with Crippen molar-refractivity contribution in [1.29, 1.82) is 0 Å². The fourth-order valence-corrected chi connectivity index (χ4v) is 3.70. The summed E-state index contributed by atoms with van der Waals surface area (Å²) in [6, 6.07) is 18.4. The topological polar surface area (TPSA) is 80.0 Å². The minimum atomic E-state index is 0.425. The molecule has 0 saturated carbocycles. The summed E-state index contributed by atoms with van der Waals surface area (Å²) in [6.45, 7) is 1.87. The SMILES string of the molecule is CN(C)CCNc1ccc(-c2cc(-c3cccc(Br)c3)c3c(N)ncnc3n2)cc1. The number of fused-ring (bicyclic) bond motifs is 1. The molecule has 0 fully saturated rings. The lowest BCUT2D eigenvalue weighted by molar-refractivity contribution is 0.425. The minimum absolute atomic E-state index is 0.425. The van der Waals surface area contributed by atoms with Gasteiger partial charge in [0, 0.05) is 28.8 Å². The predicted octanol–water partition coefficient (Wildman–Crippen LogP) is 4.68. The Morgan fingerprint density at radius 3 is 2.53 bits per heavy atom. The molecular weight excluding hydrogens is 440 g/mol. The van der Waals surface area contributed by atoms with Gasteiger partial charge >= 0.3 is 0 Å². The first-order chi connectivity index (χ1) is 14.5. The monoisotopic (exact) mass is 462 g/mol. The molecule has 2 heterocycles. The fraction of sp³-hybridized carbons (Fsp3) is 0.174. The van der Waals surface area contributed by atoms with Crippen molar-refractivity contribution in [2.75, 3.05) is 38.2 Å². The zero-order valence-electron chi connectivity index (χ0n) is 16.9. The number of benzene rings is 2. The Hall–Kier alpha value is -3.03. The summed E-state index contributed by atoms with van der Waals surface area (Å²) in [5, 5.41) is 4.20. The van der Waals surface area contributed by atoms with E-state index in [0.717, 1.165) is 51.0 Å². The van der Waals surface area contributed by atoms with E-state index in [9.17, 15) is 0 Å².